The Morgan fingerprint density at radius 2 is 1.64 bits per heavy atom. The number of benzene rings is 2. The van der Waals surface area contributed by atoms with Crippen molar-refractivity contribution >= 4 is 15.7 Å². The molecule has 0 aliphatic rings. The largest absolute Gasteiger partial charge is 0.493 e. The number of halogens is 2. The molecule has 2 rings (SSSR count). The van der Waals surface area contributed by atoms with Gasteiger partial charge in [0, 0.05) is 12.1 Å². The van der Waals surface area contributed by atoms with E-state index < -0.39 is 21.7 Å². The fourth-order valence-corrected chi connectivity index (χ4v) is 2.84. The van der Waals surface area contributed by atoms with E-state index in [1.54, 1.807) is 0 Å². The topological polar surface area (TPSA) is 64.6 Å². The first-order valence-electron chi connectivity index (χ1n) is 6.07. The first-order chi connectivity index (χ1) is 10.4. The Balaban J connectivity index is 2.38. The monoisotopic (exact) mass is 329 g/mol. The maximum atomic E-state index is 13.5. The van der Waals surface area contributed by atoms with Gasteiger partial charge in [-0.25, -0.2) is 17.2 Å². The Morgan fingerprint density at radius 1 is 0.955 bits per heavy atom. The molecule has 0 radical (unpaired) electrons. The molecule has 0 saturated heterocycles. The maximum Gasteiger partial charge on any atom is 0.262 e. The summed E-state index contributed by atoms with van der Waals surface area (Å²) in [6.07, 6.45) is 0. The lowest BCUT2D eigenvalue weighted by Gasteiger charge is -2.12. The van der Waals surface area contributed by atoms with Gasteiger partial charge in [-0.15, -0.1) is 0 Å². The van der Waals surface area contributed by atoms with Gasteiger partial charge in [0.15, 0.2) is 11.5 Å². The molecule has 0 heterocycles. The molecule has 0 aliphatic heterocycles. The first-order valence-corrected chi connectivity index (χ1v) is 7.55. The van der Waals surface area contributed by atoms with Crippen LogP contribution in [0.3, 0.4) is 0 Å². The highest BCUT2D eigenvalue weighted by Crippen LogP contribution is 2.30. The number of methoxy groups -OCH3 is 2. The van der Waals surface area contributed by atoms with Crippen molar-refractivity contribution in [3.63, 3.8) is 0 Å². The van der Waals surface area contributed by atoms with Crippen molar-refractivity contribution in [2.24, 2.45) is 0 Å². The van der Waals surface area contributed by atoms with Crippen LogP contribution in [0.2, 0.25) is 0 Å². The van der Waals surface area contributed by atoms with Crippen molar-refractivity contribution in [2.45, 2.75) is 4.90 Å². The zero-order valence-corrected chi connectivity index (χ0v) is 12.6. The van der Waals surface area contributed by atoms with E-state index in [9.17, 15) is 17.2 Å². The lowest BCUT2D eigenvalue weighted by molar-refractivity contribution is 0.354. The Kier molecular flexibility index (Phi) is 4.51. The highest BCUT2D eigenvalue weighted by atomic mass is 32.2. The van der Waals surface area contributed by atoms with Gasteiger partial charge in [0.05, 0.1) is 24.8 Å². The second kappa shape index (κ2) is 6.18. The molecule has 2 aromatic carbocycles. The number of hydrogen-bond donors (Lipinski definition) is 1. The van der Waals surface area contributed by atoms with Crippen LogP contribution in [0.25, 0.3) is 0 Å². The van der Waals surface area contributed by atoms with Crippen LogP contribution in [0.15, 0.2) is 41.3 Å². The highest BCUT2D eigenvalue weighted by Gasteiger charge is 2.19. The molecule has 0 amide bonds. The third-order valence-electron chi connectivity index (χ3n) is 2.84. The standard InChI is InChI=1S/C14H13F2NO4S/c1-20-13-6-4-10(8-14(13)21-2)22(18,19)17-12-5-3-9(15)7-11(12)16/h3-8,17H,1-2H3. The van der Waals surface area contributed by atoms with E-state index in [1.165, 1.54) is 32.4 Å². The second-order valence-electron chi connectivity index (χ2n) is 4.25. The van der Waals surface area contributed by atoms with Crippen molar-refractivity contribution < 1.29 is 26.7 Å². The van der Waals surface area contributed by atoms with E-state index in [2.05, 4.69) is 4.72 Å². The summed E-state index contributed by atoms with van der Waals surface area (Å²) in [4.78, 5) is -0.145. The summed E-state index contributed by atoms with van der Waals surface area (Å²) < 4.78 is 63.0. The zero-order valence-electron chi connectivity index (χ0n) is 11.8. The average molecular weight is 329 g/mol. The highest BCUT2D eigenvalue weighted by molar-refractivity contribution is 7.92. The van der Waals surface area contributed by atoms with Crippen molar-refractivity contribution in [1.82, 2.24) is 0 Å². The number of ether oxygens (including phenoxy) is 2. The van der Waals surface area contributed by atoms with Gasteiger partial charge >= 0.3 is 0 Å². The minimum Gasteiger partial charge on any atom is -0.493 e. The molecule has 5 nitrogen and oxygen atoms in total. The van der Waals surface area contributed by atoms with Crippen LogP contribution < -0.4 is 14.2 Å². The van der Waals surface area contributed by atoms with Gasteiger partial charge in [0.2, 0.25) is 0 Å². The lowest BCUT2D eigenvalue weighted by Crippen LogP contribution is -2.14. The van der Waals surface area contributed by atoms with Crippen molar-refractivity contribution in [2.75, 3.05) is 18.9 Å². The minimum absolute atomic E-state index is 0.145. The third kappa shape index (κ3) is 3.28. The van der Waals surface area contributed by atoms with Crippen LogP contribution in [0.5, 0.6) is 11.5 Å². The maximum absolute atomic E-state index is 13.5. The van der Waals surface area contributed by atoms with Gasteiger partial charge in [0.25, 0.3) is 10.0 Å². The van der Waals surface area contributed by atoms with Crippen LogP contribution in [0, 0.1) is 11.6 Å². The molecule has 0 unspecified atom stereocenters. The Hall–Kier alpha value is -2.35. The van der Waals surface area contributed by atoms with Crippen LogP contribution >= 0.6 is 0 Å². The summed E-state index contributed by atoms with van der Waals surface area (Å²) in [6, 6.07) is 6.48. The fraction of sp³-hybridized carbons (Fsp3) is 0.143. The quantitative estimate of drug-likeness (QED) is 0.916. The van der Waals surface area contributed by atoms with E-state index >= 15 is 0 Å². The van der Waals surface area contributed by atoms with Gasteiger partial charge in [0.1, 0.15) is 11.6 Å². The SMILES string of the molecule is COc1ccc(S(=O)(=O)Nc2ccc(F)cc2F)cc1OC. The predicted octanol–water partition coefficient (Wildman–Crippen LogP) is 2.78. The number of sulfonamides is 1. The summed E-state index contributed by atoms with van der Waals surface area (Å²) in [5.74, 6) is -1.24. The summed E-state index contributed by atoms with van der Waals surface area (Å²) in [7, 11) is -1.28. The Bertz CT molecular complexity index is 793. The molecule has 8 heteroatoms. The van der Waals surface area contributed by atoms with Crippen LogP contribution in [0.1, 0.15) is 0 Å². The van der Waals surface area contributed by atoms with Crippen molar-refractivity contribution in [3.05, 3.63) is 48.0 Å². The van der Waals surface area contributed by atoms with E-state index in [-0.39, 0.29) is 16.3 Å². The average Bonchev–Trinajstić information content (AvgIpc) is 2.49. The lowest BCUT2D eigenvalue weighted by atomic mass is 10.3. The molecular weight excluding hydrogens is 316 g/mol. The predicted molar refractivity (Wildman–Crippen MR) is 76.7 cm³/mol. The van der Waals surface area contributed by atoms with Gasteiger partial charge in [-0.05, 0) is 24.3 Å². The summed E-state index contributed by atoms with van der Waals surface area (Å²) >= 11 is 0. The summed E-state index contributed by atoms with van der Waals surface area (Å²) in [5, 5.41) is 0. The van der Waals surface area contributed by atoms with Crippen LogP contribution in [-0.4, -0.2) is 22.6 Å². The molecule has 1 N–H and O–H groups in total. The van der Waals surface area contributed by atoms with E-state index in [4.69, 9.17) is 9.47 Å². The number of anilines is 1. The number of nitrogens with one attached hydrogen (secondary N) is 1. The molecule has 0 spiro atoms. The minimum atomic E-state index is -4.05. The summed E-state index contributed by atoms with van der Waals surface area (Å²) in [5.41, 5.74) is -0.351. The molecule has 2 aromatic rings. The summed E-state index contributed by atoms with van der Waals surface area (Å²) in [6.45, 7) is 0. The molecule has 0 aliphatic carbocycles. The van der Waals surface area contributed by atoms with E-state index in [0.29, 0.717) is 11.8 Å². The molecule has 0 aromatic heterocycles. The van der Waals surface area contributed by atoms with Gasteiger partial charge in [-0.2, -0.15) is 0 Å². The normalized spacial score (nSPS) is 11.1. The molecular formula is C14H13F2NO4S. The number of rotatable bonds is 5. The Morgan fingerprint density at radius 3 is 2.23 bits per heavy atom. The zero-order chi connectivity index (χ0) is 16.3. The molecule has 0 fully saturated rings. The second-order valence-corrected chi connectivity index (χ2v) is 5.93. The van der Waals surface area contributed by atoms with E-state index in [1.807, 2.05) is 0 Å². The molecule has 118 valence electrons. The molecule has 22 heavy (non-hydrogen) atoms. The third-order valence-corrected chi connectivity index (χ3v) is 4.20. The number of hydrogen-bond acceptors (Lipinski definition) is 4. The van der Waals surface area contributed by atoms with Crippen molar-refractivity contribution in [3.8, 4) is 11.5 Å². The van der Waals surface area contributed by atoms with Crippen LogP contribution in [0.4, 0.5) is 14.5 Å². The smallest absolute Gasteiger partial charge is 0.262 e. The van der Waals surface area contributed by atoms with Crippen molar-refractivity contribution in [1.29, 1.82) is 0 Å². The van der Waals surface area contributed by atoms with E-state index in [0.717, 1.165) is 12.1 Å². The fourth-order valence-electron chi connectivity index (χ4n) is 1.76. The Labute approximate surface area is 126 Å². The van der Waals surface area contributed by atoms with Crippen LogP contribution in [-0.2, 0) is 10.0 Å². The molecule has 0 bridgehead atoms. The van der Waals surface area contributed by atoms with Gasteiger partial charge in [-0.1, -0.05) is 0 Å². The van der Waals surface area contributed by atoms with Gasteiger partial charge in [-0.3, -0.25) is 4.72 Å². The molecule has 0 atom stereocenters. The first kappa shape index (κ1) is 16.0. The molecule has 0 saturated carbocycles. The van der Waals surface area contributed by atoms with Gasteiger partial charge < -0.3 is 9.47 Å².